The molecule has 0 heterocycles. The van der Waals surface area contributed by atoms with E-state index in [0.29, 0.717) is 19.8 Å². The number of rotatable bonds is 6. The SMILES string of the molecule is CCOCC(C)OCc1cccc(C#CCO)c1. The number of hydrogen-bond donors (Lipinski definition) is 1. The molecule has 0 amide bonds. The molecule has 1 rings (SSSR count). The zero-order chi connectivity index (χ0) is 13.2. The van der Waals surface area contributed by atoms with E-state index in [4.69, 9.17) is 14.6 Å². The fraction of sp³-hybridized carbons (Fsp3) is 0.467. The van der Waals surface area contributed by atoms with Gasteiger partial charge in [-0.25, -0.2) is 0 Å². The molecule has 1 unspecified atom stereocenters. The minimum Gasteiger partial charge on any atom is -0.384 e. The van der Waals surface area contributed by atoms with Crippen LogP contribution in [0.4, 0.5) is 0 Å². The van der Waals surface area contributed by atoms with Crippen molar-refractivity contribution in [2.45, 2.75) is 26.6 Å². The summed E-state index contributed by atoms with van der Waals surface area (Å²) >= 11 is 0. The average molecular weight is 248 g/mol. The lowest BCUT2D eigenvalue weighted by molar-refractivity contribution is -0.0116. The van der Waals surface area contributed by atoms with Crippen LogP contribution in [0.25, 0.3) is 0 Å². The average Bonchev–Trinajstić information content (AvgIpc) is 2.41. The zero-order valence-electron chi connectivity index (χ0n) is 11.0. The molecule has 0 bridgehead atoms. The van der Waals surface area contributed by atoms with E-state index in [-0.39, 0.29) is 12.7 Å². The van der Waals surface area contributed by atoms with E-state index in [1.54, 1.807) is 0 Å². The van der Waals surface area contributed by atoms with Gasteiger partial charge in [0.2, 0.25) is 0 Å². The largest absolute Gasteiger partial charge is 0.384 e. The van der Waals surface area contributed by atoms with Gasteiger partial charge in [0.25, 0.3) is 0 Å². The Morgan fingerprint density at radius 3 is 2.94 bits per heavy atom. The predicted molar refractivity (Wildman–Crippen MR) is 71.1 cm³/mol. The Kier molecular flexibility index (Phi) is 7.12. The van der Waals surface area contributed by atoms with Crippen LogP contribution in [-0.4, -0.2) is 31.0 Å². The maximum Gasteiger partial charge on any atom is 0.104 e. The van der Waals surface area contributed by atoms with Gasteiger partial charge in [0, 0.05) is 12.2 Å². The molecule has 1 atom stereocenters. The molecule has 3 nitrogen and oxygen atoms in total. The predicted octanol–water partition coefficient (Wildman–Crippen LogP) is 1.97. The number of aliphatic hydroxyl groups is 1. The molecule has 0 radical (unpaired) electrons. The number of ether oxygens (including phenoxy) is 2. The third kappa shape index (κ3) is 5.83. The van der Waals surface area contributed by atoms with Crippen molar-refractivity contribution in [3.05, 3.63) is 35.4 Å². The molecule has 1 N–H and O–H groups in total. The molecule has 0 saturated carbocycles. The maximum absolute atomic E-state index is 8.64. The van der Waals surface area contributed by atoms with E-state index in [1.165, 1.54) is 0 Å². The lowest BCUT2D eigenvalue weighted by Gasteiger charge is -2.12. The van der Waals surface area contributed by atoms with E-state index >= 15 is 0 Å². The summed E-state index contributed by atoms with van der Waals surface area (Å²) in [6.07, 6.45) is 0.0807. The first-order valence-corrected chi connectivity index (χ1v) is 6.14. The fourth-order valence-corrected chi connectivity index (χ4v) is 1.45. The minimum absolute atomic E-state index is 0.0807. The molecule has 3 heteroatoms. The quantitative estimate of drug-likeness (QED) is 0.782. The summed E-state index contributed by atoms with van der Waals surface area (Å²) in [6, 6.07) is 7.82. The van der Waals surface area contributed by atoms with Crippen molar-refractivity contribution in [1.29, 1.82) is 0 Å². The highest BCUT2D eigenvalue weighted by atomic mass is 16.5. The molecule has 0 aliphatic heterocycles. The third-order valence-electron chi connectivity index (χ3n) is 2.33. The summed E-state index contributed by atoms with van der Waals surface area (Å²) in [5, 5.41) is 8.64. The van der Waals surface area contributed by atoms with Crippen LogP contribution in [0, 0.1) is 11.8 Å². The van der Waals surface area contributed by atoms with Gasteiger partial charge in [-0.15, -0.1) is 0 Å². The van der Waals surface area contributed by atoms with Crippen LogP contribution in [0.1, 0.15) is 25.0 Å². The number of benzene rings is 1. The molecule has 0 spiro atoms. The molecule has 0 aliphatic rings. The zero-order valence-corrected chi connectivity index (χ0v) is 11.0. The second-order valence-electron chi connectivity index (χ2n) is 3.94. The normalized spacial score (nSPS) is 11.7. The Morgan fingerprint density at radius 2 is 2.22 bits per heavy atom. The summed E-state index contributed by atoms with van der Waals surface area (Å²) in [4.78, 5) is 0. The molecular weight excluding hydrogens is 228 g/mol. The highest BCUT2D eigenvalue weighted by Gasteiger charge is 2.02. The number of aliphatic hydroxyl groups excluding tert-OH is 1. The maximum atomic E-state index is 8.64. The Morgan fingerprint density at radius 1 is 1.39 bits per heavy atom. The first-order valence-electron chi connectivity index (χ1n) is 6.14. The van der Waals surface area contributed by atoms with Crippen molar-refractivity contribution in [2.24, 2.45) is 0 Å². The number of hydrogen-bond acceptors (Lipinski definition) is 3. The smallest absolute Gasteiger partial charge is 0.104 e. The second-order valence-corrected chi connectivity index (χ2v) is 3.94. The van der Waals surface area contributed by atoms with Gasteiger partial charge in [-0.05, 0) is 31.5 Å². The third-order valence-corrected chi connectivity index (χ3v) is 2.33. The molecule has 18 heavy (non-hydrogen) atoms. The highest BCUT2D eigenvalue weighted by molar-refractivity contribution is 5.36. The first kappa shape index (κ1) is 14.7. The standard InChI is InChI=1S/C15H20O3/c1-3-17-11-13(2)18-12-15-7-4-6-14(10-15)8-5-9-16/h4,6-7,10,13,16H,3,9,11-12H2,1-2H3. The minimum atomic E-state index is -0.119. The van der Waals surface area contributed by atoms with Gasteiger partial charge in [-0.2, -0.15) is 0 Å². The lowest BCUT2D eigenvalue weighted by Crippen LogP contribution is -2.15. The Balaban J connectivity index is 2.47. The second kappa shape index (κ2) is 8.71. The summed E-state index contributed by atoms with van der Waals surface area (Å²) in [6.45, 7) is 5.70. The molecule has 0 aliphatic carbocycles. The van der Waals surface area contributed by atoms with Crippen molar-refractivity contribution < 1.29 is 14.6 Å². The van der Waals surface area contributed by atoms with E-state index in [1.807, 2.05) is 38.1 Å². The van der Waals surface area contributed by atoms with Gasteiger partial charge in [0.1, 0.15) is 6.61 Å². The van der Waals surface area contributed by atoms with E-state index in [2.05, 4.69) is 11.8 Å². The molecule has 0 fully saturated rings. The van der Waals surface area contributed by atoms with Crippen LogP contribution in [0.2, 0.25) is 0 Å². The molecule has 1 aromatic rings. The van der Waals surface area contributed by atoms with Gasteiger partial charge in [0.05, 0.1) is 19.3 Å². The van der Waals surface area contributed by atoms with E-state index in [9.17, 15) is 0 Å². The van der Waals surface area contributed by atoms with Crippen LogP contribution in [-0.2, 0) is 16.1 Å². The van der Waals surface area contributed by atoms with Crippen molar-refractivity contribution in [3.63, 3.8) is 0 Å². The fourth-order valence-electron chi connectivity index (χ4n) is 1.45. The summed E-state index contributed by atoms with van der Waals surface area (Å²) in [5.74, 6) is 5.51. The van der Waals surface area contributed by atoms with Crippen LogP contribution in [0.3, 0.4) is 0 Å². The van der Waals surface area contributed by atoms with E-state index < -0.39 is 0 Å². The summed E-state index contributed by atoms with van der Waals surface area (Å²) in [7, 11) is 0. The summed E-state index contributed by atoms with van der Waals surface area (Å²) in [5.41, 5.74) is 1.96. The van der Waals surface area contributed by atoms with Gasteiger partial charge in [-0.3, -0.25) is 0 Å². The van der Waals surface area contributed by atoms with Gasteiger partial charge >= 0.3 is 0 Å². The van der Waals surface area contributed by atoms with Crippen LogP contribution >= 0.6 is 0 Å². The van der Waals surface area contributed by atoms with Crippen molar-refractivity contribution in [3.8, 4) is 11.8 Å². The monoisotopic (exact) mass is 248 g/mol. The topological polar surface area (TPSA) is 38.7 Å². The van der Waals surface area contributed by atoms with Crippen molar-refractivity contribution in [1.82, 2.24) is 0 Å². The highest BCUT2D eigenvalue weighted by Crippen LogP contribution is 2.07. The van der Waals surface area contributed by atoms with Gasteiger partial charge in [-0.1, -0.05) is 24.0 Å². The molecule has 1 aromatic carbocycles. The van der Waals surface area contributed by atoms with Crippen LogP contribution in [0.15, 0.2) is 24.3 Å². The Bertz CT molecular complexity index is 404. The van der Waals surface area contributed by atoms with Gasteiger partial charge in [0.15, 0.2) is 0 Å². The molecule has 0 aromatic heterocycles. The van der Waals surface area contributed by atoms with E-state index in [0.717, 1.165) is 11.1 Å². The van der Waals surface area contributed by atoms with Crippen LogP contribution < -0.4 is 0 Å². The molecule has 0 saturated heterocycles. The lowest BCUT2D eigenvalue weighted by atomic mass is 10.1. The van der Waals surface area contributed by atoms with Gasteiger partial charge < -0.3 is 14.6 Å². The van der Waals surface area contributed by atoms with Crippen molar-refractivity contribution in [2.75, 3.05) is 19.8 Å². The first-order chi connectivity index (χ1) is 8.76. The Labute approximate surface area is 109 Å². The van der Waals surface area contributed by atoms with Crippen molar-refractivity contribution >= 4 is 0 Å². The van der Waals surface area contributed by atoms with Crippen LogP contribution in [0.5, 0.6) is 0 Å². The Hall–Kier alpha value is -1.34. The summed E-state index contributed by atoms with van der Waals surface area (Å²) < 4.78 is 11.0. The molecular formula is C15H20O3. The molecule has 98 valence electrons.